The highest BCUT2D eigenvalue weighted by Crippen LogP contribution is 2.50. The molecule has 0 aliphatic rings. The lowest BCUT2D eigenvalue weighted by molar-refractivity contribution is 0.121. The first kappa shape index (κ1) is 25.2. The molecule has 6 rings (SSSR count). The van der Waals surface area contributed by atoms with Crippen molar-refractivity contribution in [2.24, 2.45) is 0 Å². The minimum absolute atomic E-state index is 0.444. The molecule has 6 nitrogen and oxygen atoms in total. The van der Waals surface area contributed by atoms with Crippen LogP contribution in [0, 0.1) is 13.8 Å². The Morgan fingerprint density at radius 1 is 0.475 bits per heavy atom. The Labute approximate surface area is 230 Å². The zero-order valence-electron chi connectivity index (χ0n) is 22.5. The number of rotatable bonds is 3. The average Bonchev–Trinajstić information content (AvgIpc) is 2.97. The maximum atomic E-state index is 12.3. The van der Waals surface area contributed by atoms with Crippen molar-refractivity contribution in [3.63, 3.8) is 0 Å². The number of benzene rings is 6. The summed E-state index contributed by atoms with van der Waals surface area (Å²) in [6.07, 6.45) is -1.56. The van der Waals surface area contributed by atoms with Gasteiger partial charge in [0, 0.05) is 21.5 Å². The number of methoxy groups -OCH3 is 2. The Hall–Kier alpha value is -5.10. The number of fused-ring (bicyclic) bond motifs is 4. The van der Waals surface area contributed by atoms with E-state index in [0.717, 1.165) is 65.3 Å². The van der Waals surface area contributed by atoms with E-state index in [9.17, 15) is 9.59 Å². The maximum absolute atomic E-state index is 12.3. The molecular formula is C34H26O6. The smallest absolute Gasteiger partial charge is 0.437 e. The van der Waals surface area contributed by atoms with Gasteiger partial charge in [-0.2, -0.15) is 0 Å². The van der Waals surface area contributed by atoms with E-state index in [0.29, 0.717) is 11.5 Å². The Morgan fingerprint density at radius 3 is 1.20 bits per heavy atom. The Morgan fingerprint density at radius 2 is 0.825 bits per heavy atom. The second kappa shape index (κ2) is 9.89. The summed E-state index contributed by atoms with van der Waals surface area (Å²) in [7, 11) is 2.59. The van der Waals surface area contributed by atoms with E-state index >= 15 is 0 Å². The number of aryl methyl sites for hydroxylation is 2. The van der Waals surface area contributed by atoms with Gasteiger partial charge in [-0.25, -0.2) is 9.59 Å². The molecule has 6 aromatic carbocycles. The standard InChI is InChI=1S/C34H26O6/c1-19-13-15-23-27(17-19)31(39-33(35)37-3)25-11-7-5-9-21(25)29(23)30-22-10-6-8-12-26(22)32(40-34(36)38-4)28-18-20(2)14-16-24(28)30/h5-18H,1-4H3. The molecule has 0 aromatic heterocycles. The molecule has 0 N–H and O–H groups in total. The highest BCUT2D eigenvalue weighted by Gasteiger charge is 2.24. The van der Waals surface area contributed by atoms with Crippen molar-refractivity contribution in [1.82, 2.24) is 0 Å². The molecule has 6 aromatic rings. The number of carbonyl (C=O) groups excluding carboxylic acids is 2. The summed E-state index contributed by atoms with van der Waals surface area (Å²) in [5.74, 6) is 0.889. The molecule has 0 saturated heterocycles. The Kier molecular flexibility index (Phi) is 6.23. The molecule has 0 saturated carbocycles. The minimum atomic E-state index is -0.781. The molecule has 0 heterocycles. The summed E-state index contributed by atoms with van der Waals surface area (Å²) in [6.45, 7) is 4.01. The quantitative estimate of drug-likeness (QED) is 0.129. The van der Waals surface area contributed by atoms with Crippen molar-refractivity contribution in [3.05, 3.63) is 96.1 Å². The van der Waals surface area contributed by atoms with Gasteiger partial charge >= 0.3 is 12.3 Å². The highest BCUT2D eigenvalue weighted by molar-refractivity contribution is 6.27. The van der Waals surface area contributed by atoms with E-state index in [1.807, 2.05) is 86.6 Å². The van der Waals surface area contributed by atoms with Crippen LogP contribution in [0.25, 0.3) is 54.2 Å². The van der Waals surface area contributed by atoms with E-state index in [2.05, 4.69) is 12.1 Å². The molecule has 0 atom stereocenters. The Bertz CT molecular complexity index is 1840. The fraction of sp³-hybridized carbons (Fsp3) is 0.118. The van der Waals surface area contributed by atoms with Crippen LogP contribution < -0.4 is 9.47 Å². The van der Waals surface area contributed by atoms with E-state index < -0.39 is 12.3 Å². The first-order valence-electron chi connectivity index (χ1n) is 12.8. The van der Waals surface area contributed by atoms with Crippen LogP contribution in [0.3, 0.4) is 0 Å². The van der Waals surface area contributed by atoms with Crippen LogP contribution >= 0.6 is 0 Å². The van der Waals surface area contributed by atoms with Gasteiger partial charge in [0.05, 0.1) is 14.2 Å². The maximum Gasteiger partial charge on any atom is 0.513 e. The van der Waals surface area contributed by atoms with Crippen molar-refractivity contribution in [1.29, 1.82) is 0 Å². The fourth-order valence-electron chi connectivity index (χ4n) is 5.52. The number of hydrogen-bond acceptors (Lipinski definition) is 6. The van der Waals surface area contributed by atoms with Crippen molar-refractivity contribution >= 4 is 55.4 Å². The lowest BCUT2D eigenvalue weighted by Gasteiger charge is -2.21. The lowest BCUT2D eigenvalue weighted by atomic mass is 9.85. The van der Waals surface area contributed by atoms with Crippen LogP contribution in [0.2, 0.25) is 0 Å². The molecule has 0 bridgehead atoms. The monoisotopic (exact) mass is 530 g/mol. The molecule has 0 unspecified atom stereocenters. The van der Waals surface area contributed by atoms with Gasteiger partial charge in [-0.3, -0.25) is 0 Å². The van der Waals surface area contributed by atoms with E-state index in [-0.39, 0.29) is 0 Å². The minimum Gasteiger partial charge on any atom is -0.437 e. The second-order valence-corrected chi connectivity index (χ2v) is 9.71. The van der Waals surface area contributed by atoms with Crippen LogP contribution in [0.15, 0.2) is 84.9 Å². The topological polar surface area (TPSA) is 71.1 Å². The van der Waals surface area contributed by atoms with Crippen LogP contribution in [-0.4, -0.2) is 26.5 Å². The summed E-state index contributed by atoms with van der Waals surface area (Å²) in [6, 6.07) is 28.0. The van der Waals surface area contributed by atoms with Crippen molar-refractivity contribution in [2.45, 2.75) is 13.8 Å². The largest absolute Gasteiger partial charge is 0.513 e. The Balaban J connectivity index is 1.85. The zero-order chi connectivity index (χ0) is 28.0. The predicted octanol–water partition coefficient (Wildman–Crippen LogP) is 8.87. The lowest BCUT2D eigenvalue weighted by Crippen LogP contribution is -2.09. The first-order chi connectivity index (χ1) is 19.4. The molecule has 0 aliphatic carbocycles. The summed E-state index contributed by atoms with van der Waals surface area (Å²) in [5, 5.41) is 6.78. The van der Waals surface area contributed by atoms with Crippen LogP contribution in [0.5, 0.6) is 11.5 Å². The molecule has 0 aliphatic heterocycles. The van der Waals surface area contributed by atoms with Crippen LogP contribution in [0.4, 0.5) is 9.59 Å². The number of hydrogen-bond donors (Lipinski definition) is 0. The normalized spacial score (nSPS) is 11.2. The average molecular weight is 531 g/mol. The van der Waals surface area contributed by atoms with Crippen molar-refractivity contribution in [2.75, 3.05) is 14.2 Å². The molecule has 0 fully saturated rings. The SMILES string of the molecule is COC(=O)Oc1c2ccccc2c(-c2c3ccccc3c(OC(=O)OC)c3cc(C)ccc23)c2ccc(C)cc12. The molecule has 40 heavy (non-hydrogen) atoms. The fourth-order valence-corrected chi connectivity index (χ4v) is 5.52. The van der Waals surface area contributed by atoms with E-state index in [1.165, 1.54) is 14.2 Å². The third kappa shape index (κ3) is 4.05. The summed E-state index contributed by atoms with van der Waals surface area (Å²) >= 11 is 0. The highest BCUT2D eigenvalue weighted by atomic mass is 16.7. The van der Waals surface area contributed by atoms with Crippen molar-refractivity contribution in [3.8, 4) is 22.6 Å². The molecule has 6 heteroatoms. The molecular weight excluding hydrogens is 504 g/mol. The third-order valence-corrected chi connectivity index (χ3v) is 7.21. The zero-order valence-corrected chi connectivity index (χ0v) is 22.5. The summed E-state index contributed by atoms with van der Waals surface area (Å²) in [5.41, 5.74) is 4.02. The van der Waals surface area contributed by atoms with Gasteiger partial charge in [-0.15, -0.1) is 0 Å². The van der Waals surface area contributed by atoms with Gasteiger partial charge in [0.2, 0.25) is 0 Å². The van der Waals surface area contributed by atoms with Gasteiger partial charge in [0.1, 0.15) is 11.5 Å². The number of carbonyl (C=O) groups is 2. The van der Waals surface area contributed by atoms with Crippen LogP contribution in [0.1, 0.15) is 11.1 Å². The van der Waals surface area contributed by atoms with Gasteiger partial charge in [-0.1, -0.05) is 83.9 Å². The van der Waals surface area contributed by atoms with Gasteiger partial charge in [-0.05, 0) is 58.7 Å². The molecule has 0 amide bonds. The van der Waals surface area contributed by atoms with Gasteiger partial charge < -0.3 is 18.9 Å². The van der Waals surface area contributed by atoms with Crippen molar-refractivity contribution < 1.29 is 28.5 Å². The molecule has 0 spiro atoms. The van der Waals surface area contributed by atoms with Crippen LogP contribution in [-0.2, 0) is 9.47 Å². The molecule has 0 radical (unpaired) electrons. The first-order valence-corrected chi connectivity index (χ1v) is 12.8. The predicted molar refractivity (Wildman–Crippen MR) is 157 cm³/mol. The third-order valence-electron chi connectivity index (χ3n) is 7.21. The number of ether oxygens (including phenoxy) is 4. The molecule has 198 valence electrons. The van der Waals surface area contributed by atoms with E-state index in [1.54, 1.807) is 0 Å². The van der Waals surface area contributed by atoms with E-state index in [4.69, 9.17) is 18.9 Å². The second-order valence-electron chi connectivity index (χ2n) is 9.71. The van der Waals surface area contributed by atoms with Gasteiger partial charge in [0.15, 0.2) is 0 Å². The summed E-state index contributed by atoms with van der Waals surface area (Å²) in [4.78, 5) is 24.7. The summed E-state index contributed by atoms with van der Waals surface area (Å²) < 4.78 is 21.3. The van der Waals surface area contributed by atoms with Gasteiger partial charge in [0.25, 0.3) is 0 Å².